The molecule has 0 amide bonds. The lowest BCUT2D eigenvalue weighted by molar-refractivity contribution is -0.116. The van der Waals surface area contributed by atoms with Gasteiger partial charge in [-0.25, -0.2) is 0 Å². The van der Waals surface area contributed by atoms with Gasteiger partial charge in [-0.05, 0) is 26.3 Å². The van der Waals surface area contributed by atoms with Crippen molar-refractivity contribution in [2.75, 3.05) is 40.9 Å². The van der Waals surface area contributed by atoms with Crippen LogP contribution in [-0.2, 0) is 9.47 Å². The van der Waals surface area contributed by atoms with Crippen LogP contribution in [0.1, 0.15) is 25.7 Å². The van der Waals surface area contributed by atoms with Crippen LogP contribution < -0.4 is 5.73 Å². The number of methoxy groups -OCH3 is 2. The zero-order valence-corrected chi connectivity index (χ0v) is 12.5. The lowest BCUT2D eigenvalue weighted by Crippen LogP contribution is -2.47. The van der Waals surface area contributed by atoms with Crippen molar-refractivity contribution in [1.29, 1.82) is 0 Å². The van der Waals surface area contributed by atoms with Gasteiger partial charge in [-0.15, -0.1) is 0 Å². The molecule has 0 aromatic carbocycles. The second-order valence-corrected chi connectivity index (χ2v) is 5.86. The molecule has 3 atom stereocenters. The molecule has 0 radical (unpaired) electrons. The van der Waals surface area contributed by atoms with Gasteiger partial charge in [0.1, 0.15) is 0 Å². The number of likely N-dealkylation sites (tertiary alicyclic amines) is 1. The monoisotopic (exact) mass is 271 g/mol. The number of fused-ring (bicyclic) bond motifs is 2. The third-order valence-corrected chi connectivity index (χ3v) is 4.96. The van der Waals surface area contributed by atoms with E-state index in [1.807, 2.05) is 0 Å². The molecule has 2 rings (SSSR count). The van der Waals surface area contributed by atoms with E-state index in [0.717, 1.165) is 25.6 Å². The maximum atomic E-state index is 5.98. The highest BCUT2D eigenvalue weighted by atomic mass is 16.7. The molecule has 2 saturated heterocycles. The van der Waals surface area contributed by atoms with E-state index in [9.17, 15) is 0 Å². The Morgan fingerprint density at radius 2 is 1.84 bits per heavy atom. The van der Waals surface area contributed by atoms with Crippen LogP contribution in [0, 0.1) is 0 Å². The first-order chi connectivity index (χ1) is 9.19. The van der Waals surface area contributed by atoms with Gasteiger partial charge in [0.25, 0.3) is 0 Å². The van der Waals surface area contributed by atoms with Crippen molar-refractivity contribution in [1.82, 2.24) is 9.80 Å². The molecule has 3 unspecified atom stereocenters. The van der Waals surface area contributed by atoms with Gasteiger partial charge in [0, 0.05) is 58.4 Å². The van der Waals surface area contributed by atoms with Gasteiger partial charge >= 0.3 is 0 Å². The highest BCUT2D eigenvalue weighted by Crippen LogP contribution is 2.29. The largest absolute Gasteiger partial charge is 0.356 e. The summed E-state index contributed by atoms with van der Waals surface area (Å²) < 4.78 is 10.6. The molecule has 2 aliphatic heterocycles. The van der Waals surface area contributed by atoms with Gasteiger partial charge in [-0.2, -0.15) is 0 Å². The van der Waals surface area contributed by atoms with Crippen LogP contribution in [0.15, 0.2) is 0 Å². The van der Waals surface area contributed by atoms with E-state index in [0.29, 0.717) is 18.6 Å². The number of hydrogen-bond donors (Lipinski definition) is 1. The third kappa shape index (κ3) is 3.47. The first-order valence-corrected chi connectivity index (χ1v) is 7.41. The molecule has 0 saturated carbocycles. The lowest BCUT2D eigenvalue weighted by Gasteiger charge is -2.34. The van der Waals surface area contributed by atoms with E-state index in [1.165, 1.54) is 19.3 Å². The molecule has 0 aliphatic carbocycles. The van der Waals surface area contributed by atoms with Gasteiger partial charge in [-0.1, -0.05) is 0 Å². The molecular formula is C14H29N3O2. The van der Waals surface area contributed by atoms with Crippen LogP contribution in [0.3, 0.4) is 0 Å². The van der Waals surface area contributed by atoms with Crippen LogP contribution in [0.2, 0.25) is 0 Å². The fraction of sp³-hybridized carbons (Fsp3) is 1.00. The number of likely N-dealkylation sites (N-methyl/N-ethyl adjacent to an activating group) is 1. The normalized spacial score (nSPS) is 30.8. The molecule has 0 spiro atoms. The highest BCUT2D eigenvalue weighted by molar-refractivity contribution is 4.93. The summed E-state index contributed by atoms with van der Waals surface area (Å²) in [6.07, 6.45) is 4.65. The van der Waals surface area contributed by atoms with Crippen molar-refractivity contribution in [2.45, 2.75) is 50.1 Å². The molecule has 112 valence electrons. The van der Waals surface area contributed by atoms with E-state index < -0.39 is 0 Å². The molecule has 2 N–H and O–H groups in total. The first kappa shape index (κ1) is 15.2. The average molecular weight is 271 g/mol. The summed E-state index contributed by atoms with van der Waals surface area (Å²) in [7, 11) is 5.66. The van der Waals surface area contributed by atoms with Crippen molar-refractivity contribution in [2.24, 2.45) is 5.73 Å². The molecule has 2 heterocycles. The second kappa shape index (κ2) is 6.99. The molecule has 5 heteroatoms. The number of rotatable bonds is 6. The van der Waals surface area contributed by atoms with Gasteiger partial charge < -0.3 is 15.2 Å². The minimum absolute atomic E-state index is 0.147. The summed E-state index contributed by atoms with van der Waals surface area (Å²) in [5.41, 5.74) is 5.98. The molecule has 5 nitrogen and oxygen atoms in total. The predicted molar refractivity (Wildman–Crippen MR) is 76.0 cm³/mol. The Labute approximate surface area is 117 Å². The molecule has 2 fully saturated rings. The van der Waals surface area contributed by atoms with E-state index in [4.69, 9.17) is 15.2 Å². The molecule has 19 heavy (non-hydrogen) atoms. The quantitative estimate of drug-likeness (QED) is 0.713. The fourth-order valence-corrected chi connectivity index (χ4v) is 3.57. The Bertz CT molecular complexity index is 273. The third-order valence-electron chi connectivity index (χ3n) is 4.96. The lowest BCUT2D eigenvalue weighted by atomic mass is 10.1. The van der Waals surface area contributed by atoms with Crippen LogP contribution in [0.5, 0.6) is 0 Å². The Morgan fingerprint density at radius 3 is 2.47 bits per heavy atom. The minimum Gasteiger partial charge on any atom is -0.356 e. The van der Waals surface area contributed by atoms with Crippen molar-refractivity contribution in [3.8, 4) is 0 Å². The van der Waals surface area contributed by atoms with E-state index in [2.05, 4.69) is 16.8 Å². The summed E-state index contributed by atoms with van der Waals surface area (Å²) >= 11 is 0. The Hall–Kier alpha value is -0.200. The molecule has 0 aromatic heterocycles. The van der Waals surface area contributed by atoms with E-state index in [-0.39, 0.29) is 6.29 Å². The van der Waals surface area contributed by atoms with Crippen molar-refractivity contribution >= 4 is 0 Å². The van der Waals surface area contributed by atoms with Crippen molar-refractivity contribution < 1.29 is 9.47 Å². The minimum atomic E-state index is -0.147. The SMILES string of the molecule is COC(CC(CN)N1CCC2CCC(C1)N2C)OC. The number of nitrogens with two attached hydrogens (primary N) is 1. The zero-order chi connectivity index (χ0) is 13.8. The Morgan fingerprint density at radius 1 is 1.16 bits per heavy atom. The first-order valence-electron chi connectivity index (χ1n) is 7.41. The van der Waals surface area contributed by atoms with E-state index >= 15 is 0 Å². The summed E-state index contributed by atoms with van der Waals surface area (Å²) in [5, 5.41) is 0. The molecule has 2 aliphatic rings. The summed E-state index contributed by atoms with van der Waals surface area (Å²) in [5.74, 6) is 0. The van der Waals surface area contributed by atoms with Gasteiger partial charge in [0.15, 0.2) is 6.29 Å². The Kier molecular flexibility index (Phi) is 5.59. The Balaban J connectivity index is 1.95. The predicted octanol–water partition coefficient (Wildman–Crippen LogP) is 0.491. The molecule has 2 bridgehead atoms. The van der Waals surface area contributed by atoms with Gasteiger partial charge in [0.2, 0.25) is 0 Å². The van der Waals surface area contributed by atoms with Crippen LogP contribution in [0.4, 0.5) is 0 Å². The number of hydrogen-bond acceptors (Lipinski definition) is 5. The summed E-state index contributed by atoms with van der Waals surface area (Å²) in [4.78, 5) is 5.11. The topological polar surface area (TPSA) is 51.0 Å². The van der Waals surface area contributed by atoms with Gasteiger partial charge in [0.05, 0.1) is 0 Å². The standard InChI is InChI=1S/C14H29N3O2/c1-16-11-4-5-12(16)10-17(7-6-11)13(9-15)8-14(18-2)19-3/h11-14H,4-10,15H2,1-3H3. The van der Waals surface area contributed by atoms with Gasteiger partial charge in [-0.3, -0.25) is 9.80 Å². The van der Waals surface area contributed by atoms with Crippen molar-refractivity contribution in [3.63, 3.8) is 0 Å². The van der Waals surface area contributed by atoms with Crippen molar-refractivity contribution in [3.05, 3.63) is 0 Å². The highest BCUT2D eigenvalue weighted by Gasteiger charge is 2.36. The summed E-state index contributed by atoms with van der Waals surface area (Å²) in [6, 6.07) is 1.83. The number of ether oxygens (including phenoxy) is 2. The molecule has 0 aromatic rings. The van der Waals surface area contributed by atoms with Crippen LogP contribution in [0.25, 0.3) is 0 Å². The summed E-state index contributed by atoms with van der Waals surface area (Å²) in [6.45, 7) is 2.95. The fourth-order valence-electron chi connectivity index (χ4n) is 3.57. The molecular weight excluding hydrogens is 242 g/mol. The van der Waals surface area contributed by atoms with Crippen LogP contribution >= 0.6 is 0 Å². The van der Waals surface area contributed by atoms with E-state index in [1.54, 1.807) is 14.2 Å². The maximum absolute atomic E-state index is 5.98. The zero-order valence-electron chi connectivity index (χ0n) is 12.5. The second-order valence-electron chi connectivity index (χ2n) is 5.86. The maximum Gasteiger partial charge on any atom is 0.158 e. The van der Waals surface area contributed by atoms with Crippen LogP contribution in [-0.4, -0.2) is 75.1 Å². The average Bonchev–Trinajstić information content (AvgIpc) is 2.66. The smallest absolute Gasteiger partial charge is 0.158 e. The number of nitrogens with zero attached hydrogens (tertiary/aromatic N) is 2.